The van der Waals surface area contributed by atoms with Crippen LogP contribution in [0.15, 0.2) is 23.8 Å². The average molecular weight is 238 g/mol. The molecule has 4 nitrogen and oxygen atoms in total. The summed E-state index contributed by atoms with van der Waals surface area (Å²) in [6.45, 7) is 3.63. The average Bonchev–Trinajstić information content (AvgIpc) is 2.90. The molecule has 2 rings (SSSR count). The van der Waals surface area contributed by atoms with Gasteiger partial charge in [0.05, 0.1) is 12.2 Å². The molecular weight excluding hydrogens is 216 g/mol. The minimum absolute atomic E-state index is 0.000555. The predicted octanol–water partition coefficient (Wildman–Crippen LogP) is -0.0655. The molecular formula is C13H22N2O2. The summed E-state index contributed by atoms with van der Waals surface area (Å²) in [5.41, 5.74) is 1.33. The molecule has 2 aliphatic rings. The van der Waals surface area contributed by atoms with Crippen LogP contribution in [0.5, 0.6) is 0 Å². The maximum atomic E-state index is 9.78. The number of hydrogen-bond donors (Lipinski definition) is 4. The van der Waals surface area contributed by atoms with Crippen molar-refractivity contribution in [1.29, 1.82) is 0 Å². The highest BCUT2D eigenvalue weighted by atomic mass is 16.3. The lowest BCUT2D eigenvalue weighted by molar-refractivity contribution is 0.0293. The Morgan fingerprint density at radius 3 is 2.82 bits per heavy atom. The first-order chi connectivity index (χ1) is 8.18. The molecule has 96 valence electrons. The molecule has 0 bridgehead atoms. The molecule has 17 heavy (non-hydrogen) atoms. The molecule has 0 amide bonds. The van der Waals surface area contributed by atoms with Crippen molar-refractivity contribution in [2.75, 3.05) is 13.1 Å². The lowest BCUT2D eigenvalue weighted by Crippen LogP contribution is -2.36. The zero-order valence-corrected chi connectivity index (χ0v) is 10.3. The Morgan fingerprint density at radius 1 is 1.41 bits per heavy atom. The zero-order valence-electron chi connectivity index (χ0n) is 10.3. The summed E-state index contributed by atoms with van der Waals surface area (Å²) in [6, 6.07) is -0.0175. The molecule has 4 heteroatoms. The molecule has 1 aliphatic heterocycles. The lowest BCUT2D eigenvalue weighted by atomic mass is 10.1. The quantitative estimate of drug-likeness (QED) is 0.507. The number of aliphatic hydroxyl groups is 2. The van der Waals surface area contributed by atoms with Gasteiger partial charge in [0.2, 0.25) is 0 Å². The van der Waals surface area contributed by atoms with Gasteiger partial charge in [-0.2, -0.15) is 0 Å². The van der Waals surface area contributed by atoms with Crippen LogP contribution in [0, 0.1) is 0 Å². The van der Waals surface area contributed by atoms with E-state index in [-0.39, 0.29) is 12.1 Å². The van der Waals surface area contributed by atoms with Crippen LogP contribution < -0.4 is 10.6 Å². The molecule has 1 fully saturated rings. The van der Waals surface area contributed by atoms with Crippen molar-refractivity contribution in [3.8, 4) is 0 Å². The largest absolute Gasteiger partial charge is 0.389 e. The summed E-state index contributed by atoms with van der Waals surface area (Å²) in [6.07, 6.45) is 7.10. The van der Waals surface area contributed by atoms with Crippen LogP contribution in [0.2, 0.25) is 0 Å². The summed E-state index contributed by atoms with van der Waals surface area (Å²) < 4.78 is 0. The van der Waals surface area contributed by atoms with Gasteiger partial charge < -0.3 is 20.8 Å². The second-order valence-electron chi connectivity index (χ2n) is 4.93. The lowest BCUT2D eigenvalue weighted by Gasteiger charge is -2.16. The Bertz CT molecular complexity index is 315. The third-order valence-corrected chi connectivity index (χ3v) is 3.56. The maximum Gasteiger partial charge on any atom is 0.0967 e. The van der Waals surface area contributed by atoms with Crippen molar-refractivity contribution in [3.63, 3.8) is 0 Å². The second-order valence-corrected chi connectivity index (χ2v) is 4.93. The minimum Gasteiger partial charge on any atom is -0.389 e. The van der Waals surface area contributed by atoms with Crippen LogP contribution >= 0.6 is 0 Å². The summed E-state index contributed by atoms with van der Waals surface area (Å²) in [7, 11) is 0. The van der Waals surface area contributed by atoms with E-state index in [2.05, 4.69) is 28.9 Å². The van der Waals surface area contributed by atoms with Gasteiger partial charge in [-0.1, -0.05) is 18.2 Å². The van der Waals surface area contributed by atoms with Crippen LogP contribution in [-0.4, -0.2) is 47.6 Å². The number of nitrogens with one attached hydrogen (secondary N) is 2. The molecule has 0 unspecified atom stereocenters. The normalized spacial score (nSPS) is 36.5. The molecule has 0 aromatic rings. The molecule has 4 N–H and O–H groups in total. The van der Waals surface area contributed by atoms with Crippen LogP contribution in [0.1, 0.15) is 19.8 Å². The highest BCUT2D eigenvalue weighted by Gasteiger charge is 2.37. The van der Waals surface area contributed by atoms with E-state index in [1.807, 2.05) is 6.92 Å². The van der Waals surface area contributed by atoms with Crippen molar-refractivity contribution in [1.82, 2.24) is 10.6 Å². The van der Waals surface area contributed by atoms with E-state index < -0.39 is 12.2 Å². The molecule has 0 radical (unpaired) electrons. The van der Waals surface area contributed by atoms with Gasteiger partial charge in [-0.05, 0) is 31.9 Å². The van der Waals surface area contributed by atoms with Crippen LogP contribution in [-0.2, 0) is 0 Å². The van der Waals surface area contributed by atoms with E-state index in [1.54, 1.807) is 0 Å². The van der Waals surface area contributed by atoms with Gasteiger partial charge in [0.15, 0.2) is 0 Å². The standard InChI is InChI=1S/C13H22N2O2/c1-9-12(16)13(17)11(15-9)6-7-14-8-10-4-2-3-5-10/h2,4-5,9,11-17H,3,6-8H2,1H3/t9-,11-,12+,13-/m0/s1. The van der Waals surface area contributed by atoms with Crippen molar-refractivity contribution >= 4 is 0 Å². The third-order valence-electron chi connectivity index (χ3n) is 3.56. The predicted molar refractivity (Wildman–Crippen MR) is 67.7 cm³/mol. The van der Waals surface area contributed by atoms with Crippen LogP contribution in [0.4, 0.5) is 0 Å². The first-order valence-electron chi connectivity index (χ1n) is 6.37. The van der Waals surface area contributed by atoms with Crippen LogP contribution in [0.25, 0.3) is 0 Å². The Labute approximate surface area is 102 Å². The number of hydrogen-bond acceptors (Lipinski definition) is 4. The molecule has 0 saturated carbocycles. The highest BCUT2D eigenvalue weighted by Crippen LogP contribution is 2.16. The van der Waals surface area contributed by atoms with Gasteiger partial charge in [-0.3, -0.25) is 0 Å². The summed E-state index contributed by atoms with van der Waals surface area (Å²) >= 11 is 0. The Morgan fingerprint density at radius 2 is 2.24 bits per heavy atom. The van der Waals surface area contributed by atoms with E-state index in [1.165, 1.54) is 5.57 Å². The SMILES string of the molecule is C[C@@H]1N[C@@H](CCNCC2=CCC=C2)[C@H](O)[C@@H]1O. The van der Waals surface area contributed by atoms with Crippen molar-refractivity contribution in [2.24, 2.45) is 0 Å². The van der Waals surface area contributed by atoms with Gasteiger partial charge in [-0.15, -0.1) is 0 Å². The summed E-state index contributed by atoms with van der Waals surface area (Å²) in [5, 5.41) is 26.0. The number of allylic oxidation sites excluding steroid dienone is 2. The number of rotatable bonds is 5. The van der Waals surface area contributed by atoms with E-state index in [9.17, 15) is 10.2 Å². The molecule has 1 aliphatic carbocycles. The van der Waals surface area contributed by atoms with E-state index in [4.69, 9.17) is 0 Å². The maximum absolute atomic E-state index is 9.78. The van der Waals surface area contributed by atoms with Gasteiger partial charge in [0.1, 0.15) is 0 Å². The second kappa shape index (κ2) is 5.78. The van der Waals surface area contributed by atoms with E-state index in [0.29, 0.717) is 0 Å². The van der Waals surface area contributed by atoms with Crippen molar-refractivity contribution in [2.45, 2.75) is 44.1 Å². The van der Waals surface area contributed by atoms with E-state index >= 15 is 0 Å². The summed E-state index contributed by atoms with van der Waals surface area (Å²) in [4.78, 5) is 0. The van der Waals surface area contributed by atoms with Crippen molar-refractivity contribution < 1.29 is 10.2 Å². The minimum atomic E-state index is -0.641. The molecule has 1 saturated heterocycles. The first kappa shape index (κ1) is 12.8. The number of aliphatic hydroxyl groups excluding tert-OH is 2. The molecule has 4 atom stereocenters. The fourth-order valence-corrected chi connectivity index (χ4v) is 2.45. The van der Waals surface area contributed by atoms with Gasteiger partial charge in [0.25, 0.3) is 0 Å². The Kier molecular flexibility index (Phi) is 4.34. The fourth-order valence-electron chi connectivity index (χ4n) is 2.45. The first-order valence-corrected chi connectivity index (χ1v) is 6.37. The smallest absolute Gasteiger partial charge is 0.0967 e. The van der Waals surface area contributed by atoms with E-state index in [0.717, 1.165) is 25.9 Å². The summed E-state index contributed by atoms with van der Waals surface area (Å²) in [5.74, 6) is 0. The molecule has 0 spiro atoms. The van der Waals surface area contributed by atoms with Crippen molar-refractivity contribution in [3.05, 3.63) is 23.8 Å². The molecule has 0 aromatic heterocycles. The highest BCUT2D eigenvalue weighted by molar-refractivity contribution is 5.27. The monoisotopic (exact) mass is 238 g/mol. The zero-order chi connectivity index (χ0) is 12.3. The molecule has 1 heterocycles. The topological polar surface area (TPSA) is 64.5 Å². The van der Waals surface area contributed by atoms with Gasteiger partial charge in [-0.25, -0.2) is 0 Å². The fraction of sp³-hybridized carbons (Fsp3) is 0.692. The van der Waals surface area contributed by atoms with Gasteiger partial charge in [0, 0.05) is 18.6 Å². The van der Waals surface area contributed by atoms with Crippen LogP contribution in [0.3, 0.4) is 0 Å². The Balaban J connectivity index is 1.64. The Hall–Kier alpha value is -0.680. The molecule has 0 aromatic carbocycles. The van der Waals surface area contributed by atoms with Gasteiger partial charge >= 0.3 is 0 Å². The third kappa shape index (κ3) is 3.16.